The second kappa shape index (κ2) is 8.19. The molecule has 28 heavy (non-hydrogen) atoms. The molecule has 2 nitrogen and oxygen atoms in total. The van der Waals surface area contributed by atoms with E-state index in [9.17, 15) is 10.2 Å². The first-order valence-electron chi connectivity index (χ1n) is 10.1. The van der Waals surface area contributed by atoms with E-state index in [0.29, 0.717) is 11.5 Å². The van der Waals surface area contributed by atoms with Crippen LogP contribution in [-0.2, 0) is 16.2 Å². The van der Waals surface area contributed by atoms with E-state index < -0.39 is 0 Å². The van der Waals surface area contributed by atoms with Crippen molar-refractivity contribution in [1.82, 2.24) is 0 Å². The molecule has 156 valence electrons. The van der Waals surface area contributed by atoms with Gasteiger partial charge in [0.05, 0.1) is 0 Å². The fraction of sp³-hybridized carbons (Fsp3) is 0.538. The lowest BCUT2D eigenvalue weighted by Crippen LogP contribution is -2.16. The van der Waals surface area contributed by atoms with Gasteiger partial charge in [-0.2, -0.15) is 0 Å². The standard InChI is InChI=1S/C14H22O.C12H18O/c1-13(2,3)10-8-7-9-11(12(10)15)14(4,5)6;1-8-6-9(2)11(13)10(7-8)12(3,4)5/h7-9,15H,1-6H3;6-7,13H,1-5H3. The zero-order valence-electron chi connectivity index (χ0n) is 19.8. The van der Waals surface area contributed by atoms with Crippen molar-refractivity contribution in [3.8, 4) is 11.5 Å². The van der Waals surface area contributed by atoms with Crippen molar-refractivity contribution in [2.24, 2.45) is 0 Å². The van der Waals surface area contributed by atoms with E-state index in [4.69, 9.17) is 0 Å². The fourth-order valence-corrected chi connectivity index (χ4v) is 3.29. The lowest BCUT2D eigenvalue weighted by Gasteiger charge is -2.26. The average molecular weight is 385 g/mol. The van der Waals surface area contributed by atoms with Gasteiger partial charge in [0.1, 0.15) is 11.5 Å². The van der Waals surface area contributed by atoms with Gasteiger partial charge in [0.2, 0.25) is 0 Å². The van der Waals surface area contributed by atoms with Crippen molar-refractivity contribution in [2.45, 2.75) is 92.4 Å². The summed E-state index contributed by atoms with van der Waals surface area (Å²) in [5, 5.41) is 20.1. The molecule has 2 rings (SSSR count). The topological polar surface area (TPSA) is 40.5 Å². The zero-order chi connectivity index (χ0) is 22.1. The van der Waals surface area contributed by atoms with Crippen LogP contribution in [0.25, 0.3) is 0 Å². The molecule has 0 aliphatic rings. The van der Waals surface area contributed by atoms with Crippen molar-refractivity contribution in [3.63, 3.8) is 0 Å². The van der Waals surface area contributed by atoms with Gasteiger partial charge in [-0.15, -0.1) is 0 Å². The molecule has 2 heteroatoms. The molecule has 2 aromatic carbocycles. The molecule has 0 spiro atoms. The van der Waals surface area contributed by atoms with Crippen LogP contribution < -0.4 is 0 Å². The molecule has 0 aliphatic heterocycles. The molecule has 0 unspecified atom stereocenters. The van der Waals surface area contributed by atoms with Crippen molar-refractivity contribution in [1.29, 1.82) is 0 Å². The van der Waals surface area contributed by atoms with Gasteiger partial charge < -0.3 is 10.2 Å². The fourth-order valence-electron chi connectivity index (χ4n) is 3.29. The van der Waals surface area contributed by atoms with Crippen LogP contribution in [0.2, 0.25) is 0 Å². The van der Waals surface area contributed by atoms with Gasteiger partial charge in [0.15, 0.2) is 0 Å². The van der Waals surface area contributed by atoms with Gasteiger partial charge in [-0.05, 0) is 52.3 Å². The maximum absolute atomic E-state index is 10.3. The van der Waals surface area contributed by atoms with Crippen LogP contribution in [0.1, 0.15) is 90.1 Å². The first kappa shape index (κ1) is 24.1. The van der Waals surface area contributed by atoms with Gasteiger partial charge >= 0.3 is 0 Å². The summed E-state index contributed by atoms with van der Waals surface area (Å²) in [5.74, 6) is 0.899. The molecule has 0 radical (unpaired) electrons. The second-order valence-corrected chi connectivity index (χ2v) is 10.9. The summed E-state index contributed by atoms with van der Waals surface area (Å²) in [6.07, 6.45) is 0. The van der Waals surface area contributed by atoms with Crippen molar-refractivity contribution < 1.29 is 10.2 Å². The summed E-state index contributed by atoms with van der Waals surface area (Å²) in [6.45, 7) is 23.1. The summed E-state index contributed by atoms with van der Waals surface area (Å²) in [6, 6.07) is 10.1. The van der Waals surface area contributed by atoms with E-state index in [1.54, 1.807) is 0 Å². The molecule has 0 saturated heterocycles. The summed E-state index contributed by atoms with van der Waals surface area (Å²) >= 11 is 0. The minimum absolute atomic E-state index is 0.00859. The number of para-hydroxylation sites is 1. The van der Waals surface area contributed by atoms with E-state index in [1.807, 2.05) is 31.2 Å². The van der Waals surface area contributed by atoms with Crippen LogP contribution in [0.15, 0.2) is 30.3 Å². The van der Waals surface area contributed by atoms with Crippen LogP contribution in [0.5, 0.6) is 11.5 Å². The normalized spacial score (nSPS) is 12.4. The van der Waals surface area contributed by atoms with E-state index in [0.717, 1.165) is 22.3 Å². The number of aromatic hydroxyl groups is 2. The van der Waals surface area contributed by atoms with E-state index in [-0.39, 0.29) is 16.2 Å². The number of phenolic OH excluding ortho intramolecular Hbond substituents is 2. The quantitative estimate of drug-likeness (QED) is 0.500. The Morgan fingerprint density at radius 3 is 1.32 bits per heavy atom. The lowest BCUT2D eigenvalue weighted by atomic mass is 9.80. The Hall–Kier alpha value is -1.96. The Labute approximate surface area is 172 Å². The highest BCUT2D eigenvalue weighted by molar-refractivity contribution is 5.47. The van der Waals surface area contributed by atoms with Gasteiger partial charge in [-0.1, -0.05) is 98.2 Å². The molecule has 2 aromatic rings. The van der Waals surface area contributed by atoms with Crippen molar-refractivity contribution in [2.75, 3.05) is 0 Å². The van der Waals surface area contributed by atoms with Crippen molar-refractivity contribution in [3.05, 3.63) is 58.1 Å². The molecule has 2 N–H and O–H groups in total. The third kappa shape index (κ3) is 6.02. The number of aryl methyl sites for hydroxylation is 2. The monoisotopic (exact) mass is 384 g/mol. The van der Waals surface area contributed by atoms with E-state index >= 15 is 0 Å². The minimum Gasteiger partial charge on any atom is -0.507 e. The van der Waals surface area contributed by atoms with Gasteiger partial charge in [-0.25, -0.2) is 0 Å². The Morgan fingerprint density at radius 2 is 0.964 bits per heavy atom. The molecule has 0 aliphatic carbocycles. The van der Waals surface area contributed by atoms with Crippen LogP contribution >= 0.6 is 0 Å². The van der Waals surface area contributed by atoms with Crippen LogP contribution in [0.4, 0.5) is 0 Å². The third-order valence-electron chi connectivity index (χ3n) is 4.90. The Morgan fingerprint density at radius 1 is 0.571 bits per heavy atom. The predicted octanol–water partition coefficient (Wildman–Crippen LogP) is 7.29. The molecule has 0 aromatic heterocycles. The Kier molecular flexibility index (Phi) is 7.04. The molecular weight excluding hydrogens is 344 g/mol. The first-order valence-corrected chi connectivity index (χ1v) is 10.1. The number of phenols is 2. The largest absolute Gasteiger partial charge is 0.507 e. The maximum atomic E-state index is 10.3. The number of hydrogen-bond acceptors (Lipinski definition) is 2. The van der Waals surface area contributed by atoms with Crippen LogP contribution in [0.3, 0.4) is 0 Å². The smallest absolute Gasteiger partial charge is 0.123 e. The van der Waals surface area contributed by atoms with E-state index in [2.05, 4.69) is 75.3 Å². The highest BCUT2D eigenvalue weighted by atomic mass is 16.3. The average Bonchev–Trinajstić information content (AvgIpc) is 2.48. The van der Waals surface area contributed by atoms with Gasteiger partial charge in [0.25, 0.3) is 0 Å². The summed E-state index contributed by atoms with van der Waals surface area (Å²) in [4.78, 5) is 0. The number of rotatable bonds is 0. The summed E-state index contributed by atoms with van der Waals surface area (Å²) in [7, 11) is 0. The molecule has 0 heterocycles. The van der Waals surface area contributed by atoms with E-state index in [1.165, 1.54) is 5.56 Å². The summed E-state index contributed by atoms with van der Waals surface area (Å²) < 4.78 is 0. The van der Waals surface area contributed by atoms with Crippen LogP contribution in [0, 0.1) is 13.8 Å². The summed E-state index contributed by atoms with van der Waals surface area (Å²) in [5.41, 5.74) is 5.25. The SMILES string of the molecule is CC(C)(C)c1cccc(C(C)(C)C)c1O.Cc1cc(C)c(O)c(C(C)(C)C)c1. The van der Waals surface area contributed by atoms with Crippen molar-refractivity contribution >= 4 is 0 Å². The number of hydrogen-bond donors (Lipinski definition) is 2. The lowest BCUT2D eigenvalue weighted by molar-refractivity contribution is 0.423. The predicted molar refractivity (Wildman–Crippen MR) is 122 cm³/mol. The van der Waals surface area contributed by atoms with Crippen LogP contribution in [-0.4, -0.2) is 10.2 Å². The Bertz CT molecular complexity index is 778. The highest BCUT2D eigenvalue weighted by Gasteiger charge is 2.24. The third-order valence-corrected chi connectivity index (χ3v) is 4.90. The van der Waals surface area contributed by atoms with Gasteiger partial charge in [-0.3, -0.25) is 0 Å². The van der Waals surface area contributed by atoms with Gasteiger partial charge in [0, 0.05) is 0 Å². The second-order valence-electron chi connectivity index (χ2n) is 10.9. The maximum Gasteiger partial charge on any atom is 0.123 e. The molecule has 0 amide bonds. The molecule has 0 atom stereocenters. The molecular formula is C26H40O2. The molecule has 0 saturated carbocycles. The minimum atomic E-state index is -0.00859. The first-order chi connectivity index (χ1) is 12.5. The number of benzene rings is 2. The highest BCUT2D eigenvalue weighted by Crippen LogP contribution is 2.38. The Balaban J connectivity index is 0.000000283. The zero-order valence-corrected chi connectivity index (χ0v) is 19.8. The molecule has 0 fully saturated rings. The molecule has 0 bridgehead atoms.